The second-order valence-electron chi connectivity index (χ2n) is 4.81. The van der Waals surface area contributed by atoms with Gasteiger partial charge in [-0.2, -0.15) is 0 Å². The monoisotopic (exact) mass is 312 g/mol. The number of carbonyl (C=O) groups excluding carboxylic acids is 1. The Hall–Kier alpha value is -2.99. The van der Waals surface area contributed by atoms with Crippen LogP contribution >= 0.6 is 0 Å². The molecule has 0 atom stereocenters. The third-order valence-corrected chi connectivity index (χ3v) is 3.01. The van der Waals surface area contributed by atoms with Gasteiger partial charge in [-0.05, 0) is 29.3 Å². The topological polar surface area (TPSA) is 81.5 Å². The van der Waals surface area contributed by atoms with E-state index in [1.807, 2.05) is 18.2 Å². The fourth-order valence-corrected chi connectivity index (χ4v) is 2.00. The van der Waals surface area contributed by atoms with Crippen LogP contribution in [0.5, 0.6) is 0 Å². The Kier molecular flexibility index (Phi) is 5.60. The number of methoxy groups -OCH3 is 1. The zero-order chi connectivity index (χ0) is 16.7. The van der Waals surface area contributed by atoms with Crippen molar-refractivity contribution in [1.29, 1.82) is 0 Å². The van der Waals surface area contributed by atoms with Crippen LogP contribution in [-0.4, -0.2) is 17.9 Å². The molecule has 23 heavy (non-hydrogen) atoms. The lowest BCUT2D eigenvalue weighted by Crippen LogP contribution is -2.08. The highest BCUT2D eigenvalue weighted by molar-refractivity contribution is 6.01. The number of benzene rings is 2. The summed E-state index contributed by atoms with van der Waals surface area (Å²) < 4.78 is 5.04. The van der Waals surface area contributed by atoms with E-state index in [4.69, 9.17) is 4.74 Å². The lowest BCUT2D eigenvalue weighted by molar-refractivity contribution is -0.384. The van der Waals surface area contributed by atoms with E-state index < -0.39 is 4.92 Å². The van der Waals surface area contributed by atoms with E-state index in [1.54, 1.807) is 25.3 Å². The standard InChI is InChI=1S/C17H16N2O4/c1-23-12-14-5-2-6-15(10-14)18-17(20)9-8-13-4-3-7-16(11-13)19(21)22/h2-11H,12H2,1H3,(H,18,20)/b9-8+. The Balaban J connectivity index is 2.03. The van der Waals surface area contributed by atoms with Gasteiger partial charge in [-0.25, -0.2) is 0 Å². The average Bonchev–Trinajstić information content (AvgIpc) is 2.54. The summed E-state index contributed by atoms with van der Waals surface area (Å²) >= 11 is 0. The van der Waals surface area contributed by atoms with Crippen LogP contribution in [-0.2, 0) is 16.1 Å². The molecule has 118 valence electrons. The number of nitro benzene ring substituents is 1. The number of non-ortho nitro benzene ring substituents is 1. The molecule has 0 aliphatic heterocycles. The van der Waals surface area contributed by atoms with E-state index in [1.165, 1.54) is 24.3 Å². The largest absolute Gasteiger partial charge is 0.380 e. The Bertz CT molecular complexity index is 741. The first-order valence-corrected chi connectivity index (χ1v) is 6.90. The Morgan fingerprint density at radius 2 is 2.04 bits per heavy atom. The van der Waals surface area contributed by atoms with Gasteiger partial charge < -0.3 is 10.1 Å². The molecular formula is C17H16N2O4. The van der Waals surface area contributed by atoms with Crippen molar-refractivity contribution in [3.8, 4) is 0 Å². The highest BCUT2D eigenvalue weighted by Gasteiger charge is 2.04. The first-order chi connectivity index (χ1) is 11.1. The summed E-state index contributed by atoms with van der Waals surface area (Å²) in [7, 11) is 1.60. The molecule has 2 rings (SSSR count). The molecule has 0 aliphatic carbocycles. The SMILES string of the molecule is COCc1cccc(NC(=O)/C=C/c2cccc([N+](=O)[O-])c2)c1. The Labute approximate surface area is 133 Å². The van der Waals surface area contributed by atoms with Gasteiger partial charge in [-0.3, -0.25) is 14.9 Å². The van der Waals surface area contributed by atoms with E-state index in [-0.39, 0.29) is 11.6 Å². The summed E-state index contributed by atoms with van der Waals surface area (Å²) in [5.41, 5.74) is 2.18. The molecule has 0 aliphatic rings. The van der Waals surface area contributed by atoms with E-state index >= 15 is 0 Å². The molecule has 0 saturated heterocycles. The van der Waals surface area contributed by atoms with Gasteiger partial charge in [0.1, 0.15) is 0 Å². The van der Waals surface area contributed by atoms with Gasteiger partial charge in [0.2, 0.25) is 5.91 Å². The van der Waals surface area contributed by atoms with E-state index in [2.05, 4.69) is 5.32 Å². The molecule has 6 heteroatoms. The average molecular weight is 312 g/mol. The maximum absolute atomic E-state index is 11.9. The van der Waals surface area contributed by atoms with Crippen molar-refractivity contribution in [1.82, 2.24) is 0 Å². The summed E-state index contributed by atoms with van der Waals surface area (Å²) in [6, 6.07) is 13.4. The number of hydrogen-bond acceptors (Lipinski definition) is 4. The maximum Gasteiger partial charge on any atom is 0.270 e. The van der Waals surface area contributed by atoms with Crippen molar-refractivity contribution < 1.29 is 14.5 Å². The molecule has 0 bridgehead atoms. The first-order valence-electron chi connectivity index (χ1n) is 6.90. The first kappa shape index (κ1) is 16.4. The van der Waals surface area contributed by atoms with Crippen LogP contribution in [0.25, 0.3) is 6.08 Å². The number of anilines is 1. The van der Waals surface area contributed by atoms with Crippen LogP contribution in [0.1, 0.15) is 11.1 Å². The number of hydrogen-bond donors (Lipinski definition) is 1. The lowest BCUT2D eigenvalue weighted by Gasteiger charge is -2.05. The van der Waals surface area contributed by atoms with Crippen molar-refractivity contribution >= 4 is 23.4 Å². The third-order valence-electron chi connectivity index (χ3n) is 3.01. The molecule has 6 nitrogen and oxygen atoms in total. The normalized spacial score (nSPS) is 10.7. The van der Waals surface area contributed by atoms with Crippen LogP contribution in [0.2, 0.25) is 0 Å². The fraction of sp³-hybridized carbons (Fsp3) is 0.118. The fourth-order valence-electron chi connectivity index (χ4n) is 2.00. The van der Waals surface area contributed by atoms with Crippen molar-refractivity contribution in [2.45, 2.75) is 6.61 Å². The van der Waals surface area contributed by atoms with E-state index in [0.29, 0.717) is 17.9 Å². The summed E-state index contributed by atoms with van der Waals surface area (Å²) in [5, 5.41) is 13.4. The molecule has 0 fully saturated rings. The molecule has 0 heterocycles. The highest BCUT2D eigenvalue weighted by Crippen LogP contribution is 2.15. The molecule has 0 unspecified atom stereocenters. The van der Waals surface area contributed by atoms with Crippen LogP contribution in [0, 0.1) is 10.1 Å². The van der Waals surface area contributed by atoms with Gasteiger partial charge in [-0.15, -0.1) is 0 Å². The zero-order valence-electron chi connectivity index (χ0n) is 12.6. The molecule has 1 N–H and O–H groups in total. The van der Waals surface area contributed by atoms with Crippen LogP contribution < -0.4 is 5.32 Å². The van der Waals surface area contributed by atoms with Crippen molar-refractivity contribution in [2.75, 3.05) is 12.4 Å². The molecule has 0 saturated carbocycles. The second kappa shape index (κ2) is 7.86. The minimum absolute atomic E-state index is 0.0141. The van der Waals surface area contributed by atoms with Crippen molar-refractivity contribution in [2.24, 2.45) is 0 Å². The van der Waals surface area contributed by atoms with Gasteiger partial charge in [0.15, 0.2) is 0 Å². The second-order valence-corrected chi connectivity index (χ2v) is 4.81. The zero-order valence-corrected chi connectivity index (χ0v) is 12.6. The van der Waals surface area contributed by atoms with Gasteiger partial charge in [0, 0.05) is 31.0 Å². The van der Waals surface area contributed by atoms with Crippen LogP contribution in [0.15, 0.2) is 54.6 Å². The van der Waals surface area contributed by atoms with Crippen molar-refractivity contribution in [3.05, 3.63) is 75.8 Å². The number of carbonyl (C=O) groups is 1. The summed E-state index contributed by atoms with van der Waals surface area (Å²) in [5.74, 6) is -0.314. The molecule has 2 aromatic carbocycles. The van der Waals surface area contributed by atoms with Gasteiger partial charge in [0.05, 0.1) is 11.5 Å². The van der Waals surface area contributed by atoms with E-state index in [0.717, 1.165) is 5.56 Å². The molecule has 2 aromatic rings. The number of amides is 1. The van der Waals surface area contributed by atoms with Crippen molar-refractivity contribution in [3.63, 3.8) is 0 Å². The predicted molar refractivity (Wildman–Crippen MR) is 87.9 cm³/mol. The predicted octanol–water partition coefficient (Wildman–Crippen LogP) is 3.39. The lowest BCUT2D eigenvalue weighted by atomic mass is 10.2. The number of ether oxygens (including phenoxy) is 1. The number of nitrogens with one attached hydrogen (secondary N) is 1. The summed E-state index contributed by atoms with van der Waals surface area (Å²) in [6.07, 6.45) is 2.86. The summed E-state index contributed by atoms with van der Waals surface area (Å²) in [6.45, 7) is 0.466. The third kappa shape index (κ3) is 5.05. The van der Waals surface area contributed by atoms with Gasteiger partial charge in [-0.1, -0.05) is 24.3 Å². The Morgan fingerprint density at radius 1 is 1.26 bits per heavy atom. The highest BCUT2D eigenvalue weighted by atomic mass is 16.6. The molecule has 0 radical (unpaired) electrons. The van der Waals surface area contributed by atoms with Crippen LogP contribution in [0.4, 0.5) is 11.4 Å². The Morgan fingerprint density at radius 3 is 2.78 bits per heavy atom. The quantitative estimate of drug-likeness (QED) is 0.503. The molecule has 0 spiro atoms. The molecular weight excluding hydrogens is 296 g/mol. The number of rotatable bonds is 6. The molecule has 0 aromatic heterocycles. The van der Waals surface area contributed by atoms with Crippen LogP contribution in [0.3, 0.4) is 0 Å². The smallest absolute Gasteiger partial charge is 0.270 e. The molecule has 1 amide bonds. The van der Waals surface area contributed by atoms with E-state index in [9.17, 15) is 14.9 Å². The maximum atomic E-state index is 11.9. The number of nitrogens with zero attached hydrogens (tertiary/aromatic N) is 1. The van der Waals surface area contributed by atoms with Gasteiger partial charge in [0.25, 0.3) is 5.69 Å². The summed E-state index contributed by atoms with van der Waals surface area (Å²) in [4.78, 5) is 22.1. The number of nitro groups is 1. The minimum atomic E-state index is -0.474. The minimum Gasteiger partial charge on any atom is -0.380 e. The van der Waals surface area contributed by atoms with Gasteiger partial charge >= 0.3 is 0 Å².